The van der Waals surface area contributed by atoms with E-state index < -0.39 is 23.4 Å². The normalized spacial score (nSPS) is 10.4. The lowest BCUT2D eigenvalue weighted by Gasteiger charge is -2.08. The Bertz CT molecular complexity index is 916. The van der Waals surface area contributed by atoms with Gasteiger partial charge in [0.2, 0.25) is 0 Å². The van der Waals surface area contributed by atoms with E-state index in [0.29, 0.717) is 0 Å². The van der Waals surface area contributed by atoms with Crippen LogP contribution in [0, 0.1) is 17.5 Å². The van der Waals surface area contributed by atoms with Gasteiger partial charge < -0.3 is 10.6 Å². The molecule has 3 rings (SSSR count). The van der Waals surface area contributed by atoms with Gasteiger partial charge in [-0.15, -0.1) is 0 Å². The maximum atomic E-state index is 13.6. The van der Waals surface area contributed by atoms with Crippen molar-refractivity contribution in [2.75, 3.05) is 10.6 Å². The standard InChI is InChI=1S/C17H11F3N4O/c18-10-2-1-3-12(6-10)23-17(25)15-8-22-16(9-21-15)24-14-5-4-11(19)7-13(14)20/h1-9H,(H,22,24)(H,23,25). The topological polar surface area (TPSA) is 66.9 Å². The molecule has 2 aromatic carbocycles. The number of halogens is 3. The minimum Gasteiger partial charge on any atom is -0.337 e. The van der Waals surface area contributed by atoms with Crippen LogP contribution in [-0.2, 0) is 0 Å². The molecule has 25 heavy (non-hydrogen) atoms. The van der Waals surface area contributed by atoms with Crippen LogP contribution in [0.4, 0.5) is 30.4 Å². The molecule has 0 bridgehead atoms. The average molecular weight is 344 g/mol. The van der Waals surface area contributed by atoms with Crippen molar-refractivity contribution < 1.29 is 18.0 Å². The van der Waals surface area contributed by atoms with Gasteiger partial charge in [0.15, 0.2) is 0 Å². The second-order valence-corrected chi connectivity index (χ2v) is 5.00. The number of aromatic nitrogens is 2. The van der Waals surface area contributed by atoms with Gasteiger partial charge >= 0.3 is 0 Å². The molecule has 0 radical (unpaired) electrons. The molecule has 0 saturated carbocycles. The van der Waals surface area contributed by atoms with Crippen LogP contribution in [0.2, 0.25) is 0 Å². The Kier molecular flexibility index (Phi) is 4.60. The average Bonchev–Trinajstić information content (AvgIpc) is 2.58. The lowest BCUT2D eigenvalue weighted by Crippen LogP contribution is -2.14. The summed E-state index contributed by atoms with van der Waals surface area (Å²) in [5, 5.41) is 5.11. The molecule has 8 heteroatoms. The number of benzene rings is 2. The van der Waals surface area contributed by atoms with E-state index in [0.717, 1.165) is 12.1 Å². The molecule has 0 aliphatic carbocycles. The summed E-state index contributed by atoms with van der Waals surface area (Å²) < 4.78 is 39.5. The Morgan fingerprint density at radius 2 is 1.72 bits per heavy atom. The van der Waals surface area contributed by atoms with Crippen LogP contribution >= 0.6 is 0 Å². The van der Waals surface area contributed by atoms with Crippen molar-refractivity contribution in [1.82, 2.24) is 9.97 Å². The number of hydrogen-bond acceptors (Lipinski definition) is 4. The van der Waals surface area contributed by atoms with Crippen molar-refractivity contribution in [1.29, 1.82) is 0 Å². The Labute approximate surface area is 140 Å². The van der Waals surface area contributed by atoms with Crippen molar-refractivity contribution >= 4 is 23.1 Å². The fraction of sp³-hybridized carbons (Fsp3) is 0. The van der Waals surface area contributed by atoms with Crippen molar-refractivity contribution in [3.8, 4) is 0 Å². The predicted octanol–water partition coefficient (Wildman–Crippen LogP) is 3.89. The minimum absolute atomic E-state index is 0.00520. The first-order valence-corrected chi connectivity index (χ1v) is 7.12. The third-order valence-corrected chi connectivity index (χ3v) is 3.16. The quantitative estimate of drug-likeness (QED) is 0.753. The third kappa shape index (κ3) is 4.11. The summed E-state index contributed by atoms with van der Waals surface area (Å²) in [4.78, 5) is 19.9. The first-order chi connectivity index (χ1) is 12.0. The van der Waals surface area contributed by atoms with E-state index in [1.807, 2.05) is 0 Å². The maximum Gasteiger partial charge on any atom is 0.275 e. The molecule has 0 atom stereocenters. The second kappa shape index (κ2) is 7.00. The highest BCUT2D eigenvalue weighted by atomic mass is 19.1. The number of anilines is 3. The second-order valence-electron chi connectivity index (χ2n) is 5.00. The highest BCUT2D eigenvalue weighted by Crippen LogP contribution is 2.19. The third-order valence-electron chi connectivity index (χ3n) is 3.16. The van der Waals surface area contributed by atoms with Crippen LogP contribution in [0.5, 0.6) is 0 Å². The Morgan fingerprint density at radius 1 is 0.920 bits per heavy atom. The Morgan fingerprint density at radius 3 is 2.40 bits per heavy atom. The predicted molar refractivity (Wildman–Crippen MR) is 86.0 cm³/mol. The number of hydrogen-bond donors (Lipinski definition) is 2. The fourth-order valence-electron chi connectivity index (χ4n) is 2.00. The van der Waals surface area contributed by atoms with E-state index in [2.05, 4.69) is 20.6 Å². The van der Waals surface area contributed by atoms with Crippen LogP contribution in [0.1, 0.15) is 10.5 Å². The minimum atomic E-state index is -0.783. The lowest BCUT2D eigenvalue weighted by atomic mass is 10.3. The van der Waals surface area contributed by atoms with Crippen molar-refractivity contribution in [3.05, 3.63) is 78.0 Å². The van der Waals surface area contributed by atoms with Crippen LogP contribution in [-0.4, -0.2) is 15.9 Å². The molecule has 1 amide bonds. The largest absolute Gasteiger partial charge is 0.337 e. The van der Waals surface area contributed by atoms with E-state index >= 15 is 0 Å². The number of carbonyl (C=O) groups is 1. The van der Waals surface area contributed by atoms with Crippen LogP contribution in [0.25, 0.3) is 0 Å². The van der Waals surface area contributed by atoms with E-state index in [-0.39, 0.29) is 22.9 Å². The van der Waals surface area contributed by atoms with Gasteiger partial charge in [-0.25, -0.2) is 23.1 Å². The summed E-state index contributed by atoms with van der Waals surface area (Å²) in [7, 11) is 0. The number of amides is 1. The molecular formula is C17H11F3N4O. The highest BCUT2D eigenvalue weighted by molar-refractivity contribution is 6.02. The van der Waals surface area contributed by atoms with Gasteiger partial charge in [-0.3, -0.25) is 4.79 Å². The van der Waals surface area contributed by atoms with Crippen LogP contribution < -0.4 is 10.6 Å². The van der Waals surface area contributed by atoms with Gasteiger partial charge in [-0.2, -0.15) is 0 Å². The Hall–Kier alpha value is -3.42. The number of nitrogens with zero attached hydrogens (tertiary/aromatic N) is 2. The molecule has 126 valence electrons. The van der Waals surface area contributed by atoms with Crippen LogP contribution in [0.15, 0.2) is 54.9 Å². The number of carbonyl (C=O) groups excluding carboxylic acids is 1. The summed E-state index contributed by atoms with van der Waals surface area (Å²) in [6.07, 6.45) is 2.40. The molecule has 0 fully saturated rings. The number of rotatable bonds is 4. The van der Waals surface area contributed by atoms with E-state index in [1.54, 1.807) is 0 Å². The molecule has 0 aliphatic heterocycles. The van der Waals surface area contributed by atoms with Gasteiger partial charge in [-0.05, 0) is 30.3 Å². The van der Waals surface area contributed by atoms with Gasteiger partial charge in [0.05, 0.1) is 18.1 Å². The summed E-state index contributed by atoms with van der Waals surface area (Å²) in [5.41, 5.74) is 0.296. The van der Waals surface area contributed by atoms with Crippen molar-refractivity contribution in [3.63, 3.8) is 0 Å². The van der Waals surface area contributed by atoms with Gasteiger partial charge in [-0.1, -0.05) is 6.07 Å². The molecule has 3 aromatic rings. The van der Waals surface area contributed by atoms with Gasteiger partial charge in [0.1, 0.15) is 29.0 Å². The highest BCUT2D eigenvalue weighted by Gasteiger charge is 2.10. The smallest absolute Gasteiger partial charge is 0.275 e. The van der Waals surface area contributed by atoms with Gasteiger partial charge in [0.25, 0.3) is 5.91 Å². The van der Waals surface area contributed by atoms with E-state index in [4.69, 9.17) is 0 Å². The molecule has 5 nitrogen and oxygen atoms in total. The molecule has 0 aliphatic rings. The van der Waals surface area contributed by atoms with Crippen molar-refractivity contribution in [2.45, 2.75) is 0 Å². The first-order valence-electron chi connectivity index (χ1n) is 7.12. The molecule has 2 N–H and O–H groups in total. The zero-order valence-electron chi connectivity index (χ0n) is 12.6. The summed E-state index contributed by atoms with van der Waals surface area (Å²) in [5.74, 6) is -2.36. The SMILES string of the molecule is O=C(Nc1cccc(F)c1)c1cnc(Nc2ccc(F)cc2F)cn1. The summed E-state index contributed by atoms with van der Waals surface area (Å²) in [6, 6.07) is 8.46. The molecule has 1 aromatic heterocycles. The van der Waals surface area contributed by atoms with Crippen LogP contribution in [0.3, 0.4) is 0 Å². The van der Waals surface area contributed by atoms with Crippen molar-refractivity contribution in [2.24, 2.45) is 0 Å². The molecular weight excluding hydrogens is 333 g/mol. The number of nitrogens with one attached hydrogen (secondary N) is 2. The lowest BCUT2D eigenvalue weighted by molar-refractivity contribution is 0.102. The maximum absolute atomic E-state index is 13.6. The monoisotopic (exact) mass is 344 g/mol. The molecule has 1 heterocycles. The summed E-state index contributed by atoms with van der Waals surface area (Å²) >= 11 is 0. The molecule has 0 spiro atoms. The summed E-state index contributed by atoms with van der Waals surface area (Å²) in [6.45, 7) is 0. The Balaban J connectivity index is 1.70. The van der Waals surface area contributed by atoms with E-state index in [9.17, 15) is 18.0 Å². The molecule has 0 saturated heterocycles. The van der Waals surface area contributed by atoms with E-state index in [1.165, 1.54) is 42.7 Å². The fourth-order valence-corrected chi connectivity index (χ4v) is 2.00. The van der Waals surface area contributed by atoms with Gasteiger partial charge in [0, 0.05) is 11.8 Å². The first kappa shape index (κ1) is 16.4. The zero-order valence-corrected chi connectivity index (χ0v) is 12.6. The zero-order chi connectivity index (χ0) is 17.8. The molecule has 0 unspecified atom stereocenters.